The maximum Gasteiger partial charge on any atom is 0.267 e. The molecule has 0 radical (unpaired) electrons. The summed E-state index contributed by atoms with van der Waals surface area (Å²) in [6.45, 7) is 3.25. The number of aromatic amines is 1. The van der Waals surface area contributed by atoms with Gasteiger partial charge in [-0.05, 0) is 42.0 Å². The Morgan fingerprint density at radius 1 is 1.18 bits per heavy atom. The smallest absolute Gasteiger partial charge is 0.267 e. The maximum atomic E-state index is 13.3. The second-order valence-corrected chi connectivity index (χ2v) is 7.28. The molecule has 7 heteroatoms. The molecule has 2 N–H and O–H groups in total. The molecule has 2 aromatic carbocycles. The molecule has 1 atom stereocenters. The number of halogens is 2. The normalized spacial score (nSPS) is 16.2. The van der Waals surface area contributed by atoms with Crippen molar-refractivity contribution in [2.24, 2.45) is 0 Å². The highest BCUT2D eigenvalue weighted by atomic mass is 35.5. The van der Waals surface area contributed by atoms with E-state index in [9.17, 15) is 9.18 Å². The van der Waals surface area contributed by atoms with Gasteiger partial charge in [0.1, 0.15) is 11.5 Å². The van der Waals surface area contributed by atoms with E-state index in [1.807, 2.05) is 12.1 Å². The van der Waals surface area contributed by atoms with Gasteiger partial charge in [-0.15, -0.1) is 0 Å². The lowest BCUT2D eigenvalue weighted by Crippen LogP contribution is -2.43. The summed E-state index contributed by atoms with van der Waals surface area (Å²) in [4.78, 5) is 18.1. The summed E-state index contributed by atoms with van der Waals surface area (Å²) >= 11 is 6.02. The summed E-state index contributed by atoms with van der Waals surface area (Å²) in [5.41, 5.74) is 2.31. The van der Waals surface area contributed by atoms with Crippen LogP contribution in [0.25, 0.3) is 10.9 Å². The first kappa shape index (κ1) is 18.9. The number of morpholine rings is 1. The van der Waals surface area contributed by atoms with E-state index in [4.69, 9.17) is 16.3 Å². The van der Waals surface area contributed by atoms with E-state index in [0.29, 0.717) is 30.5 Å². The summed E-state index contributed by atoms with van der Waals surface area (Å²) in [6.07, 6.45) is 0. The number of hydrogen-bond donors (Lipinski definition) is 2. The molecule has 146 valence electrons. The van der Waals surface area contributed by atoms with Gasteiger partial charge in [-0.3, -0.25) is 9.69 Å². The second kappa shape index (κ2) is 8.31. The number of benzene rings is 2. The Bertz CT molecular complexity index is 967. The molecule has 3 aromatic rings. The van der Waals surface area contributed by atoms with E-state index >= 15 is 0 Å². The van der Waals surface area contributed by atoms with Gasteiger partial charge in [0.2, 0.25) is 0 Å². The van der Waals surface area contributed by atoms with E-state index in [1.54, 1.807) is 24.3 Å². The Morgan fingerprint density at radius 2 is 1.93 bits per heavy atom. The van der Waals surface area contributed by atoms with Gasteiger partial charge in [0.05, 0.1) is 19.3 Å². The molecule has 1 saturated heterocycles. The molecule has 1 aromatic heterocycles. The monoisotopic (exact) mass is 401 g/mol. The molecule has 0 spiro atoms. The van der Waals surface area contributed by atoms with Crippen LogP contribution in [0.4, 0.5) is 4.39 Å². The van der Waals surface area contributed by atoms with Crippen LogP contribution in [-0.4, -0.2) is 48.6 Å². The number of hydrogen-bond acceptors (Lipinski definition) is 3. The lowest BCUT2D eigenvalue weighted by molar-refractivity contribution is 0.0162. The van der Waals surface area contributed by atoms with Crippen molar-refractivity contribution in [1.29, 1.82) is 0 Å². The van der Waals surface area contributed by atoms with Crippen LogP contribution in [0.1, 0.15) is 22.1 Å². The molecule has 0 aliphatic carbocycles. The van der Waals surface area contributed by atoms with Gasteiger partial charge in [0.15, 0.2) is 0 Å². The first-order valence-corrected chi connectivity index (χ1v) is 9.62. The summed E-state index contributed by atoms with van der Waals surface area (Å²) in [7, 11) is 0. The Morgan fingerprint density at radius 3 is 2.68 bits per heavy atom. The maximum absolute atomic E-state index is 13.3. The van der Waals surface area contributed by atoms with Crippen LogP contribution >= 0.6 is 11.6 Å². The number of H-pyrrole nitrogens is 1. The number of rotatable bonds is 5. The second-order valence-electron chi connectivity index (χ2n) is 6.84. The Kier molecular flexibility index (Phi) is 5.62. The van der Waals surface area contributed by atoms with Crippen LogP contribution in [-0.2, 0) is 4.74 Å². The minimum absolute atomic E-state index is 0.0488. The van der Waals surface area contributed by atoms with Crippen molar-refractivity contribution in [2.75, 3.05) is 32.8 Å². The Balaban J connectivity index is 1.50. The Hall–Kier alpha value is -2.41. The lowest BCUT2D eigenvalue weighted by atomic mass is 10.0. The van der Waals surface area contributed by atoms with E-state index in [1.165, 1.54) is 12.1 Å². The quantitative estimate of drug-likeness (QED) is 0.684. The van der Waals surface area contributed by atoms with E-state index in [2.05, 4.69) is 15.2 Å². The van der Waals surface area contributed by atoms with Crippen molar-refractivity contribution in [3.05, 3.63) is 70.6 Å². The van der Waals surface area contributed by atoms with Crippen LogP contribution in [0.2, 0.25) is 5.02 Å². The van der Waals surface area contributed by atoms with Crippen molar-refractivity contribution in [3.63, 3.8) is 0 Å². The van der Waals surface area contributed by atoms with Crippen molar-refractivity contribution < 1.29 is 13.9 Å². The molecule has 1 aliphatic heterocycles. The third-order valence-electron chi connectivity index (χ3n) is 5.02. The number of carbonyl (C=O) groups excluding carboxylic acids is 1. The SMILES string of the molecule is O=C(NCC(c1ccc(F)cc1)N1CCOCC1)c1cc2cc(Cl)ccc2[nH]1. The van der Waals surface area contributed by atoms with Crippen molar-refractivity contribution >= 4 is 28.4 Å². The number of fused-ring (bicyclic) bond motifs is 1. The number of nitrogens with zero attached hydrogens (tertiary/aromatic N) is 1. The van der Waals surface area contributed by atoms with Crippen molar-refractivity contribution in [2.45, 2.75) is 6.04 Å². The van der Waals surface area contributed by atoms with Gasteiger partial charge in [-0.2, -0.15) is 0 Å². The van der Waals surface area contributed by atoms with Crippen LogP contribution in [0.3, 0.4) is 0 Å². The Labute approximate surface area is 167 Å². The van der Waals surface area contributed by atoms with Crippen LogP contribution in [0, 0.1) is 5.82 Å². The molecule has 2 heterocycles. The van der Waals surface area contributed by atoms with Gasteiger partial charge in [-0.25, -0.2) is 4.39 Å². The third kappa shape index (κ3) is 4.19. The zero-order valence-electron chi connectivity index (χ0n) is 15.3. The van der Waals surface area contributed by atoms with Crippen LogP contribution < -0.4 is 5.32 Å². The number of nitrogens with one attached hydrogen (secondary N) is 2. The highest BCUT2D eigenvalue weighted by molar-refractivity contribution is 6.31. The van der Waals surface area contributed by atoms with Gasteiger partial charge in [0, 0.05) is 35.6 Å². The zero-order valence-corrected chi connectivity index (χ0v) is 16.0. The molecule has 1 fully saturated rings. The zero-order chi connectivity index (χ0) is 19.5. The van der Waals surface area contributed by atoms with Crippen molar-refractivity contribution in [3.8, 4) is 0 Å². The number of aromatic nitrogens is 1. The van der Waals surface area contributed by atoms with E-state index < -0.39 is 0 Å². The van der Waals surface area contributed by atoms with Gasteiger partial charge < -0.3 is 15.0 Å². The molecule has 0 saturated carbocycles. The molecule has 28 heavy (non-hydrogen) atoms. The summed E-state index contributed by atoms with van der Waals surface area (Å²) in [5.74, 6) is -0.460. The highest BCUT2D eigenvalue weighted by Gasteiger charge is 2.23. The largest absolute Gasteiger partial charge is 0.379 e. The minimum Gasteiger partial charge on any atom is -0.379 e. The predicted molar refractivity (Wildman–Crippen MR) is 107 cm³/mol. The first-order chi connectivity index (χ1) is 13.6. The molecule has 1 aliphatic rings. The van der Waals surface area contributed by atoms with Crippen molar-refractivity contribution in [1.82, 2.24) is 15.2 Å². The molecule has 5 nitrogen and oxygen atoms in total. The van der Waals surface area contributed by atoms with E-state index in [-0.39, 0.29) is 17.8 Å². The highest BCUT2D eigenvalue weighted by Crippen LogP contribution is 2.23. The minimum atomic E-state index is -0.273. The molecule has 0 bridgehead atoms. The standard InChI is InChI=1S/C21H21ClFN3O2/c22-16-3-6-18-15(11-16)12-19(25-18)21(27)24-13-20(26-7-9-28-10-8-26)14-1-4-17(23)5-2-14/h1-6,11-12,20,25H,7-10,13H2,(H,24,27). The fraction of sp³-hybridized carbons (Fsp3) is 0.286. The van der Waals surface area contributed by atoms with Gasteiger partial charge >= 0.3 is 0 Å². The van der Waals surface area contributed by atoms with Crippen LogP contribution in [0.5, 0.6) is 0 Å². The van der Waals surface area contributed by atoms with Crippen LogP contribution in [0.15, 0.2) is 48.5 Å². The summed E-state index contributed by atoms with van der Waals surface area (Å²) in [5, 5.41) is 4.52. The average Bonchev–Trinajstić information content (AvgIpc) is 3.13. The lowest BCUT2D eigenvalue weighted by Gasteiger charge is -2.34. The first-order valence-electron chi connectivity index (χ1n) is 9.24. The topological polar surface area (TPSA) is 57.4 Å². The molecule has 4 rings (SSSR count). The average molecular weight is 402 g/mol. The summed E-state index contributed by atoms with van der Waals surface area (Å²) in [6, 6.07) is 13.6. The number of carbonyl (C=O) groups is 1. The van der Waals surface area contributed by atoms with Gasteiger partial charge in [-0.1, -0.05) is 23.7 Å². The number of ether oxygens (including phenoxy) is 1. The van der Waals surface area contributed by atoms with E-state index in [0.717, 1.165) is 29.6 Å². The molecular formula is C21H21ClFN3O2. The summed E-state index contributed by atoms with van der Waals surface area (Å²) < 4.78 is 18.8. The fourth-order valence-corrected chi connectivity index (χ4v) is 3.72. The number of amides is 1. The molecule has 1 unspecified atom stereocenters. The third-order valence-corrected chi connectivity index (χ3v) is 5.26. The molecular weight excluding hydrogens is 381 g/mol. The predicted octanol–water partition coefficient (Wildman–Crippen LogP) is 3.76. The molecule has 1 amide bonds. The van der Waals surface area contributed by atoms with Gasteiger partial charge in [0.25, 0.3) is 5.91 Å². The fourth-order valence-electron chi connectivity index (χ4n) is 3.54.